The van der Waals surface area contributed by atoms with Crippen molar-refractivity contribution in [1.82, 2.24) is 15.2 Å². The van der Waals surface area contributed by atoms with Crippen LogP contribution in [0.25, 0.3) is 11.4 Å². The Hall–Kier alpha value is -3.20. The SMILES string of the molecule is Cc1nc(-c2cccc(NCc3ccc(C#N)cc3F)c2)n[nH]1. The first kappa shape index (κ1) is 14.7. The Kier molecular flexibility index (Phi) is 4.02. The smallest absolute Gasteiger partial charge is 0.181 e. The fraction of sp³-hybridized carbons (Fsp3) is 0.118. The monoisotopic (exact) mass is 307 g/mol. The van der Waals surface area contributed by atoms with Gasteiger partial charge in [-0.05, 0) is 31.2 Å². The molecule has 114 valence electrons. The predicted molar refractivity (Wildman–Crippen MR) is 85.0 cm³/mol. The van der Waals surface area contributed by atoms with Gasteiger partial charge in [-0.25, -0.2) is 9.37 Å². The van der Waals surface area contributed by atoms with E-state index in [0.29, 0.717) is 23.5 Å². The summed E-state index contributed by atoms with van der Waals surface area (Å²) in [6, 6.07) is 14.0. The van der Waals surface area contributed by atoms with Crippen molar-refractivity contribution >= 4 is 5.69 Å². The first-order valence-corrected chi connectivity index (χ1v) is 7.07. The lowest BCUT2D eigenvalue weighted by Crippen LogP contribution is -2.02. The van der Waals surface area contributed by atoms with Crippen molar-refractivity contribution in [2.45, 2.75) is 13.5 Å². The summed E-state index contributed by atoms with van der Waals surface area (Å²) < 4.78 is 13.9. The van der Waals surface area contributed by atoms with Crippen LogP contribution in [0.1, 0.15) is 17.0 Å². The minimum atomic E-state index is -0.391. The molecule has 3 rings (SSSR count). The number of hydrogen-bond donors (Lipinski definition) is 2. The molecular formula is C17H14FN5. The summed E-state index contributed by atoms with van der Waals surface area (Å²) in [5, 5.41) is 18.9. The first-order valence-electron chi connectivity index (χ1n) is 7.07. The van der Waals surface area contributed by atoms with Crippen LogP contribution in [0.4, 0.5) is 10.1 Å². The molecule has 1 aromatic heterocycles. The average molecular weight is 307 g/mol. The molecule has 0 saturated carbocycles. The molecule has 0 amide bonds. The van der Waals surface area contributed by atoms with E-state index in [-0.39, 0.29) is 0 Å². The van der Waals surface area contributed by atoms with Crippen LogP contribution in [-0.2, 0) is 6.54 Å². The van der Waals surface area contributed by atoms with Gasteiger partial charge in [0.15, 0.2) is 5.82 Å². The third-order valence-corrected chi connectivity index (χ3v) is 3.38. The van der Waals surface area contributed by atoms with E-state index < -0.39 is 5.82 Å². The molecule has 0 aliphatic carbocycles. The molecule has 0 radical (unpaired) electrons. The van der Waals surface area contributed by atoms with Gasteiger partial charge in [-0.1, -0.05) is 18.2 Å². The number of anilines is 1. The average Bonchev–Trinajstić information content (AvgIpc) is 3.00. The zero-order chi connectivity index (χ0) is 16.2. The summed E-state index contributed by atoms with van der Waals surface area (Å²) in [5.74, 6) is 0.978. The molecule has 0 atom stereocenters. The van der Waals surface area contributed by atoms with E-state index in [9.17, 15) is 4.39 Å². The fourth-order valence-electron chi connectivity index (χ4n) is 2.20. The van der Waals surface area contributed by atoms with Crippen molar-refractivity contribution in [1.29, 1.82) is 5.26 Å². The molecule has 0 unspecified atom stereocenters. The number of aromatic amines is 1. The first-order chi connectivity index (χ1) is 11.2. The van der Waals surface area contributed by atoms with Gasteiger partial charge in [0, 0.05) is 23.4 Å². The van der Waals surface area contributed by atoms with Gasteiger partial charge >= 0.3 is 0 Å². The number of benzene rings is 2. The van der Waals surface area contributed by atoms with E-state index in [4.69, 9.17) is 5.26 Å². The number of aromatic nitrogens is 3. The van der Waals surface area contributed by atoms with Crippen LogP contribution in [-0.4, -0.2) is 15.2 Å². The van der Waals surface area contributed by atoms with Crippen LogP contribution in [0.5, 0.6) is 0 Å². The molecule has 6 heteroatoms. The Morgan fingerprint density at radius 1 is 1.26 bits per heavy atom. The highest BCUT2D eigenvalue weighted by atomic mass is 19.1. The third kappa shape index (κ3) is 3.35. The minimum absolute atomic E-state index is 0.313. The maximum Gasteiger partial charge on any atom is 0.181 e. The Morgan fingerprint density at radius 3 is 2.83 bits per heavy atom. The van der Waals surface area contributed by atoms with Gasteiger partial charge in [0.1, 0.15) is 11.6 Å². The second kappa shape index (κ2) is 6.28. The molecule has 0 aliphatic rings. The Bertz CT molecular complexity index is 879. The summed E-state index contributed by atoms with van der Waals surface area (Å²) in [6.07, 6.45) is 0. The van der Waals surface area contributed by atoms with Crippen molar-refractivity contribution in [2.24, 2.45) is 0 Å². The highest BCUT2D eigenvalue weighted by Crippen LogP contribution is 2.20. The molecular weight excluding hydrogens is 293 g/mol. The lowest BCUT2D eigenvalue weighted by Gasteiger charge is -2.08. The number of aryl methyl sites for hydroxylation is 1. The normalized spacial score (nSPS) is 10.3. The van der Waals surface area contributed by atoms with Crippen LogP contribution in [0.15, 0.2) is 42.5 Å². The second-order valence-electron chi connectivity index (χ2n) is 5.10. The van der Waals surface area contributed by atoms with E-state index >= 15 is 0 Å². The molecule has 0 aliphatic heterocycles. The molecule has 23 heavy (non-hydrogen) atoms. The lowest BCUT2D eigenvalue weighted by molar-refractivity contribution is 0.612. The quantitative estimate of drug-likeness (QED) is 0.774. The van der Waals surface area contributed by atoms with E-state index in [1.165, 1.54) is 6.07 Å². The molecule has 0 spiro atoms. The summed E-state index contributed by atoms with van der Waals surface area (Å²) in [7, 11) is 0. The summed E-state index contributed by atoms with van der Waals surface area (Å²) in [4.78, 5) is 4.29. The van der Waals surface area contributed by atoms with Crippen LogP contribution < -0.4 is 5.32 Å². The van der Waals surface area contributed by atoms with Gasteiger partial charge in [0.25, 0.3) is 0 Å². The fourth-order valence-corrected chi connectivity index (χ4v) is 2.20. The van der Waals surface area contributed by atoms with Crippen molar-refractivity contribution in [2.75, 3.05) is 5.32 Å². The summed E-state index contributed by atoms with van der Waals surface area (Å²) >= 11 is 0. The van der Waals surface area contributed by atoms with E-state index in [1.807, 2.05) is 37.3 Å². The second-order valence-corrected chi connectivity index (χ2v) is 5.10. The lowest BCUT2D eigenvalue weighted by atomic mass is 10.1. The molecule has 0 saturated heterocycles. The Morgan fingerprint density at radius 2 is 2.13 bits per heavy atom. The van der Waals surface area contributed by atoms with Gasteiger partial charge < -0.3 is 5.32 Å². The predicted octanol–water partition coefficient (Wildman–Crippen LogP) is 3.40. The van der Waals surface area contributed by atoms with Crippen molar-refractivity contribution < 1.29 is 4.39 Å². The van der Waals surface area contributed by atoms with Gasteiger partial charge in [-0.2, -0.15) is 10.4 Å². The molecule has 2 N–H and O–H groups in total. The van der Waals surface area contributed by atoms with Gasteiger partial charge in [0.2, 0.25) is 0 Å². The number of rotatable bonds is 4. The van der Waals surface area contributed by atoms with Crippen LogP contribution in [0, 0.1) is 24.1 Å². The van der Waals surface area contributed by atoms with Crippen molar-refractivity contribution in [3.63, 3.8) is 0 Å². The van der Waals surface area contributed by atoms with Crippen LogP contribution in [0.3, 0.4) is 0 Å². The summed E-state index contributed by atoms with van der Waals surface area (Å²) in [6.45, 7) is 2.17. The van der Waals surface area contributed by atoms with E-state index in [1.54, 1.807) is 12.1 Å². The van der Waals surface area contributed by atoms with E-state index in [0.717, 1.165) is 17.1 Å². The molecule has 5 nitrogen and oxygen atoms in total. The maximum absolute atomic E-state index is 13.9. The summed E-state index contributed by atoms with van der Waals surface area (Å²) in [5.41, 5.74) is 2.53. The van der Waals surface area contributed by atoms with Crippen molar-refractivity contribution in [3.8, 4) is 17.5 Å². The largest absolute Gasteiger partial charge is 0.381 e. The molecule has 0 bridgehead atoms. The third-order valence-electron chi connectivity index (χ3n) is 3.38. The minimum Gasteiger partial charge on any atom is -0.381 e. The zero-order valence-corrected chi connectivity index (χ0v) is 12.5. The maximum atomic E-state index is 13.9. The number of H-pyrrole nitrogens is 1. The zero-order valence-electron chi connectivity index (χ0n) is 12.5. The van der Waals surface area contributed by atoms with Gasteiger partial charge in [-0.3, -0.25) is 5.10 Å². The standard InChI is InChI=1S/C17H14FN5/c1-11-21-17(23-22-11)13-3-2-4-15(8-13)20-10-14-6-5-12(9-19)7-16(14)18/h2-8,20H,10H2,1H3,(H,21,22,23). The highest BCUT2D eigenvalue weighted by molar-refractivity contribution is 5.62. The Labute approximate surface area is 132 Å². The number of hydrogen-bond acceptors (Lipinski definition) is 4. The van der Waals surface area contributed by atoms with Crippen LogP contribution >= 0.6 is 0 Å². The number of nitrogens with zero attached hydrogens (tertiary/aromatic N) is 3. The molecule has 2 aromatic carbocycles. The van der Waals surface area contributed by atoms with Crippen LogP contribution in [0.2, 0.25) is 0 Å². The highest BCUT2D eigenvalue weighted by Gasteiger charge is 2.06. The van der Waals surface area contributed by atoms with Gasteiger partial charge in [0.05, 0.1) is 11.6 Å². The number of halogens is 1. The van der Waals surface area contributed by atoms with E-state index in [2.05, 4.69) is 20.5 Å². The molecule has 0 fully saturated rings. The topological polar surface area (TPSA) is 77.4 Å². The Balaban J connectivity index is 1.75. The number of nitrogens with one attached hydrogen (secondary N) is 2. The molecule has 3 aromatic rings. The van der Waals surface area contributed by atoms with Crippen molar-refractivity contribution in [3.05, 3.63) is 65.2 Å². The van der Waals surface area contributed by atoms with Gasteiger partial charge in [-0.15, -0.1) is 0 Å². The molecule has 1 heterocycles. The number of nitriles is 1.